The lowest BCUT2D eigenvalue weighted by Gasteiger charge is -2.13. The number of fused-ring (bicyclic) bond motifs is 1. The van der Waals surface area contributed by atoms with Crippen molar-refractivity contribution in [3.8, 4) is 22.6 Å². The SMILES string of the molecule is CC(C)c1c(O)cc(-c2ccc3nccnc3c2)cc1O. The van der Waals surface area contributed by atoms with Gasteiger partial charge < -0.3 is 10.2 Å². The van der Waals surface area contributed by atoms with E-state index < -0.39 is 0 Å². The first kappa shape index (κ1) is 13.4. The second-order valence-corrected chi connectivity index (χ2v) is 5.34. The topological polar surface area (TPSA) is 66.2 Å². The van der Waals surface area contributed by atoms with Crippen molar-refractivity contribution in [1.29, 1.82) is 0 Å². The number of hydrogen-bond acceptors (Lipinski definition) is 4. The van der Waals surface area contributed by atoms with Crippen LogP contribution in [-0.2, 0) is 0 Å². The molecule has 0 saturated heterocycles. The van der Waals surface area contributed by atoms with Gasteiger partial charge in [0.2, 0.25) is 0 Å². The molecule has 0 bridgehead atoms. The summed E-state index contributed by atoms with van der Waals surface area (Å²) < 4.78 is 0. The molecule has 0 saturated carbocycles. The summed E-state index contributed by atoms with van der Waals surface area (Å²) >= 11 is 0. The van der Waals surface area contributed by atoms with Gasteiger partial charge in [0.15, 0.2) is 0 Å². The van der Waals surface area contributed by atoms with E-state index in [-0.39, 0.29) is 17.4 Å². The summed E-state index contributed by atoms with van der Waals surface area (Å²) in [4.78, 5) is 8.50. The van der Waals surface area contributed by atoms with Crippen LogP contribution in [0.25, 0.3) is 22.2 Å². The summed E-state index contributed by atoms with van der Waals surface area (Å²) in [7, 11) is 0. The van der Waals surface area contributed by atoms with Gasteiger partial charge in [-0.3, -0.25) is 9.97 Å². The van der Waals surface area contributed by atoms with Gasteiger partial charge in [-0.15, -0.1) is 0 Å². The maximum Gasteiger partial charge on any atom is 0.123 e. The maximum atomic E-state index is 10.1. The van der Waals surface area contributed by atoms with Crippen molar-refractivity contribution in [2.45, 2.75) is 19.8 Å². The molecule has 0 aliphatic carbocycles. The monoisotopic (exact) mass is 280 g/mol. The summed E-state index contributed by atoms with van der Waals surface area (Å²) in [5, 5.41) is 20.3. The number of hydrogen-bond donors (Lipinski definition) is 2. The van der Waals surface area contributed by atoms with Crippen molar-refractivity contribution >= 4 is 11.0 Å². The van der Waals surface area contributed by atoms with Crippen LogP contribution in [0.5, 0.6) is 11.5 Å². The zero-order valence-corrected chi connectivity index (χ0v) is 11.9. The normalized spacial score (nSPS) is 11.2. The molecule has 2 aromatic carbocycles. The van der Waals surface area contributed by atoms with Crippen molar-refractivity contribution in [3.05, 3.63) is 48.3 Å². The summed E-state index contributed by atoms with van der Waals surface area (Å²) in [5.41, 5.74) is 3.79. The fraction of sp³-hybridized carbons (Fsp3) is 0.176. The third-order valence-electron chi connectivity index (χ3n) is 3.52. The van der Waals surface area contributed by atoms with Gasteiger partial charge in [-0.25, -0.2) is 0 Å². The first-order chi connectivity index (χ1) is 10.1. The quantitative estimate of drug-likeness (QED) is 0.748. The fourth-order valence-corrected chi connectivity index (χ4v) is 2.52. The zero-order chi connectivity index (χ0) is 15.0. The summed E-state index contributed by atoms with van der Waals surface area (Å²) in [5.74, 6) is 0.278. The van der Waals surface area contributed by atoms with Crippen molar-refractivity contribution in [3.63, 3.8) is 0 Å². The molecule has 0 unspecified atom stereocenters. The smallest absolute Gasteiger partial charge is 0.123 e. The number of rotatable bonds is 2. The molecule has 2 N–H and O–H groups in total. The van der Waals surface area contributed by atoms with Crippen molar-refractivity contribution < 1.29 is 10.2 Å². The summed E-state index contributed by atoms with van der Waals surface area (Å²) in [6.45, 7) is 3.86. The lowest BCUT2D eigenvalue weighted by atomic mass is 9.96. The van der Waals surface area contributed by atoms with Crippen molar-refractivity contribution in [1.82, 2.24) is 9.97 Å². The number of aromatic hydroxyl groups is 2. The van der Waals surface area contributed by atoms with Crippen LogP contribution in [0.15, 0.2) is 42.7 Å². The van der Waals surface area contributed by atoms with E-state index in [1.165, 1.54) is 0 Å². The third-order valence-corrected chi connectivity index (χ3v) is 3.52. The standard InChI is InChI=1S/C17H16N2O2/c1-10(2)17-15(20)8-12(9-16(17)21)11-3-4-13-14(7-11)19-6-5-18-13/h3-10,20-21H,1-2H3. The molecule has 21 heavy (non-hydrogen) atoms. The highest BCUT2D eigenvalue weighted by Crippen LogP contribution is 2.38. The maximum absolute atomic E-state index is 10.1. The van der Waals surface area contributed by atoms with Crippen LogP contribution >= 0.6 is 0 Å². The van der Waals surface area contributed by atoms with Gasteiger partial charge in [-0.1, -0.05) is 19.9 Å². The van der Waals surface area contributed by atoms with E-state index in [2.05, 4.69) is 9.97 Å². The first-order valence-corrected chi connectivity index (χ1v) is 6.83. The number of phenols is 2. The van der Waals surface area contributed by atoms with Crippen LogP contribution in [0.1, 0.15) is 25.3 Å². The molecule has 0 aliphatic heterocycles. The molecule has 0 amide bonds. The zero-order valence-electron chi connectivity index (χ0n) is 11.9. The molecule has 0 atom stereocenters. The highest BCUT2D eigenvalue weighted by molar-refractivity contribution is 5.82. The average molecular weight is 280 g/mol. The molecule has 0 radical (unpaired) electrons. The van der Waals surface area contributed by atoms with E-state index in [9.17, 15) is 10.2 Å². The van der Waals surface area contributed by atoms with Crippen LogP contribution in [0.4, 0.5) is 0 Å². The van der Waals surface area contributed by atoms with Crippen LogP contribution in [0.2, 0.25) is 0 Å². The second-order valence-electron chi connectivity index (χ2n) is 5.34. The van der Waals surface area contributed by atoms with E-state index in [0.717, 1.165) is 22.2 Å². The van der Waals surface area contributed by atoms with Gasteiger partial charge in [0.05, 0.1) is 11.0 Å². The van der Waals surface area contributed by atoms with Crippen LogP contribution in [-0.4, -0.2) is 20.2 Å². The summed E-state index contributed by atoms with van der Waals surface area (Å²) in [6.07, 6.45) is 3.29. The molecular weight excluding hydrogens is 264 g/mol. The van der Waals surface area contributed by atoms with Crippen molar-refractivity contribution in [2.75, 3.05) is 0 Å². The first-order valence-electron chi connectivity index (χ1n) is 6.83. The van der Waals surface area contributed by atoms with Crippen LogP contribution < -0.4 is 0 Å². The Hall–Kier alpha value is -2.62. The number of nitrogens with zero attached hydrogens (tertiary/aromatic N) is 2. The Labute approximate surface area is 122 Å². The Balaban J connectivity index is 2.14. The van der Waals surface area contributed by atoms with Crippen LogP contribution in [0.3, 0.4) is 0 Å². The van der Waals surface area contributed by atoms with E-state index in [1.54, 1.807) is 24.5 Å². The van der Waals surface area contributed by atoms with Gasteiger partial charge >= 0.3 is 0 Å². The largest absolute Gasteiger partial charge is 0.507 e. The molecule has 3 rings (SSSR count). The second kappa shape index (κ2) is 5.05. The Morgan fingerprint density at radius 1 is 0.810 bits per heavy atom. The molecule has 4 heteroatoms. The Morgan fingerprint density at radius 2 is 1.43 bits per heavy atom. The van der Waals surface area contributed by atoms with Gasteiger partial charge in [0.1, 0.15) is 11.5 Å². The predicted molar refractivity (Wildman–Crippen MR) is 82.4 cm³/mol. The fourth-order valence-electron chi connectivity index (χ4n) is 2.52. The molecule has 0 aliphatic rings. The molecule has 0 spiro atoms. The number of phenolic OH excluding ortho intramolecular Hbond substituents is 2. The van der Waals surface area contributed by atoms with Gasteiger partial charge in [0.25, 0.3) is 0 Å². The minimum Gasteiger partial charge on any atom is -0.507 e. The predicted octanol–water partition coefficient (Wildman–Crippen LogP) is 3.83. The molecule has 0 fully saturated rings. The minimum absolute atomic E-state index is 0.0570. The summed E-state index contributed by atoms with van der Waals surface area (Å²) in [6, 6.07) is 9.02. The molecule has 3 aromatic rings. The minimum atomic E-state index is 0.0570. The Morgan fingerprint density at radius 3 is 2.05 bits per heavy atom. The molecule has 4 nitrogen and oxygen atoms in total. The van der Waals surface area contributed by atoms with Gasteiger partial charge in [-0.05, 0) is 41.3 Å². The van der Waals surface area contributed by atoms with Crippen molar-refractivity contribution in [2.24, 2.45) is 0 Å². The van der Waals surface area contributed by atoms with E-state index in [1.807, 2.05) is 32.0 Å². The third kappa shape index (κ3) is 2.40. The number of benzene rings is 2. The molecular formula is C17H16N2O2. The Bertz CT molecular complexity index is 790. The van der Waals surface area contributed by atoms with E-state index in [4.69, 9.17) is 0 Å². The highest BCUT2D eigenvalue weighted by atomic mass is 16.3. The van der Waals surface area contributed by atoms with E-state index in [0.29, 0.717) is 5.56 Å². The lowest BCUT2D eigenvalue weighted by molar-refractivity contribution is 0.434. The Kier molecular flexibility index (Phi) is 3.22. The number of aromatic nitrogens is 2. The van der Waals surface area contributed by atoms with Crippen LogP contribution in [0, 0.1) is 0 Å². The van der Waals surface area contributed by atoms with Gasteiger partial charge in [-0.2, -0.15) is 0 Å². The molecule has 106 valence electrons. The van der Waals surface area contributed by atoms with Gasteiger partial charge in [0, 0.05) is 18.0 Å². The molecule has 1 heterocycles. The highest BCUT2D eigenvalue weighted by Gasteiger charge is 2.14. The lowest BCUT2D eigenvalue weighted by Crippen LogP contribution is -1.91. The van der Waals surface area contributed by atoms with E-state index >= 15 is 0 Å². The molecule has 1 aromatic heterocycles. The average Bonchev–Trinajstić information content (AvgIpc) is 2.45.